The minimum absolute atomic E-state index is 0.306. The number of benzene rings is 2. The summed E-state index contributed by atoms with van der Waals surface area (Å²) < 4.78 is 13.4. The molecule has 0 aliphatic carbocycles. The first-order chi connectivity index (χ1) is 9.10. The van der Waals surface area contributed by atoms with Crippen molar-refractivity contribution >= 4 is 17.3 Å². The molecular weight excluding hydrogens is 263 g/mol. The molecule has 0 unspecified atom stereocenters. The first-order valence-corrected chi connectivity index (χ1v) is 6.13. The Labute approximate surface area is 116 Å². The molecule has 0 N–H and O–H groups in total. The standard InChI is InChI=1S/C15H12ClFN2/c1-19(10-12-4-2-3-5-15(12)16)14-7-11(9-18)6-13(17)8-14/h2-8H,10H2,1H3. The van der Waals surface area contributed by atoms with Crippen LogP contribution < -0.4 is 4.90 Å². The molecular formula is C15H12ClFN2. The van der Waals surface area contributed by atoms with E-state index in [4.69, 9.17) is 16.9 Å². The van der Waals surface area contributed by atoms with Crippen molar-refractivity contribution in [1.29, 1.82) is 5.26 Å². The van der Waals surface area contributed by atoms with Crippen molar-refractivity contribution in [3.8, 4) is 6.07 Å². The summed E-state index contributed by atoms with van der Waals surface area (Å²) >= 11 is 6.09. The molecule has 0 heterocycles. The Kier molecular flexibility index (Phi) is 4.03. The lowest BCUT2D eigenvalue weighted by atomic mass is 10.1. The van der Waals surface area contributed by atoms with Crippen molar-refractivity contribution in [2.45, 2.75) is 6.54 Å². The summed E-state index contributed by atoms with van der Waals surface area (Å²) in [6.45, 7) is 0.550. The van der Waals surface area contributed by atoms with Crippen LogP contribution in [0.15, 0.2) is 42.5 Å². The smallest absolute Gasteiger partial charge is 0.126 e. The first-order valence-electron chi connectivity index (χ1n) is 5.75. The van der Waals surface area contributed by atoms with Gasteiger partial charge in [-0.2, -0.15) is 5.26 Å². The van der Waals surface area contributed by atoms with Crippen molar-refractivity contribution in [2.75, 3.05) is 11.9 Å². The third-order valence-corrected chi connectivity index (χ3v) is 3.19. The molecule has 0 bridgehead atoms. The zero-order valence-electron chi connectivity index (χ0n) is 10.4. The van der Waals surface area contributed by atoms with Crippen molar-refractivity contribution in [1.82, 2.24) is 0 Å². The third kappa shape index (κ3) is 3.24. The monoisotopic (exact) mass is 274 g/mol. The number of nitrogens with zero attached hydrogens (tertiary/aromatic N) is 2. The average Bonchev–Trinajstić information content (AvgIpc) is 2.40. The number of nitriles is 1. The van der Waals surface area contributed by atoms with Crippen molar-refractivity contribution in [3.63, 3.8) is 0 Å². The number of hydrogen-bond acceptors (Lipinski definition) is 2. The largest absolute Gasteiger partial charge is 0.370 e. The highest BCUT2D eigenvalue weighted by molar-refractivity contribution is 6.31. The fourth-order valence-corrected chi connectivity index (χ4v) is 2.03. The van der Waals surface area contributed by atoms with Crippen LogP contribution in [0.1, 0.15) is 11.1 Å². The summed E-state index contributed by atoms with van der Waals surface area (Å²) in [5.74, 6) is -0.417. The minimum Gasteiger partial charge on any atom is -0.370 e. The van der Waals surface area contributed by atoms with Crippen molar-refractivity contribution in [2.24, 2.45) is 0 Å². The number of anilines is 1. The van der Waals surface area contributed by atoms with Crippen LogP contribution in [-0.2, 0) is 6.54 Å². The Hall–Kier alpha value is -2.05. The third-order valence-electron chi connectivity index (χ3n) is 2.82. The van der Waals surface area contributed by atoms with E-state index in [0.717, 1.165) is 5.56 Å². The van der Waals surface area contributed by atoms with Gasteiger partial charge in [-0.25, -0.2) is 4.39 Å². The topological polar surface area (TPSA) is 27.0 Å². The number of rotatable bonds is 3. The fourth-order valence-electron chi connectivity index (χ4n) is 1.83. The maximum Gasteiger partial charge on any atom is 0.126 e. The number of hydrogen-bond donors (Lipinski definition) is 0. The maximum atomic E-state index is 13.4. The molecule has 2 nitrogen and oxygen atoms in total. The van der Waals surface area contributed by atoms with Crippen molar-refractivity contribution < 1.29 is 4.39 Å². The molecule has 2 aromatic carbocycles. The van der Waals surface area contributed by atoms with E-state index in [1.807, 2.05) is 42.3 Å². The Morgan fingerprint density at radius 3 is 2.68 bits per heavy atom. The summed E-state index contributed by atoms with van der Waals surface area (Å²) in [4.78, 5) is 1.85. The van der Waals surface area contributed by atoms with E-state index in [0.29, 0.717) is 22.8 Å². The Balaban J connectivity index is 2.26. The highest BCUT2D eigenvalue weighted by Crippen LogP contribution is 2.22. The Bertz CT molecular complexity index is 634. The van der Waals surface area contributed by atoms with Gasteiger partial charge in [0.1, 0.15) is 5.82 Å². The van der Waals surface area contributed by atoms with E-state index in [-0.39, 0.29) is 0 Å². The zero-order valence-corrected chi connectivity index (χ0v) is 11.2. The van der Waals surface area contributed by atoms with Gasteiger partial charge in [-0.1, -0.05) is 29.8 Å². The summed E-state index contributed by atoms with van der Waals surface area (Å²) in [7, 11) is 1.83. The predicted molar refractivity (Wildman–Crippen MR) is 74.7 cm³/mol. The van der Waals surface area contributed by atoms with E-state index in [9.17, 15) is 4.39 Å². The zero-order chi connectivity index (χ0) is 13.8. The van der Waals surface area contributed by atoms with Gasteiger partial charge in [0.25, 0.3) is 0 Å². The van der Waals surface area contributed by atoms with Crippen LogP contribution in [0.3, 0.4) is 0 Å². The highest BCUT2D eigenvalue weighted by atomic mass is 35.5. The molecule has 0 aliphatic heterocycles. The molecule has 0 atom stereocenters. The molecule has 0 amide bonds. The molecule has 0 saturated heterocycles. The first kappa shape index (κ1) is 13.4. The van der Waals surface area contributed by atoms with E-state index >= 15 is 0 Å². The summed E-state index contributed by atoms with van der Waals surface area (Å²) in [6, 6.07) is 13.7. The lowest BCUT2D eigenvalue weighted by Crippen LogP contribution is -2.16. The van der Waals surface area contributed by atoms with Crippen LogP contribution in [0, 0.1) is 17.1 Å². The van der Waals surface area contributed by atoms with Crippen LogP contribution in [0.2, 0.25) is 5.02 Å². The molecule has 2 aromatic rings. The van der Waals surface area contributed by atoms with Gasteiger partial charge in [-0.05, 0) is 29.8 Å². The van der Waals surface area contributed by atoms with Gasteiger partial charge in [-0.15, -0.1) is 0 Å². The number of halogens is 2. The molecule has 19 heavy (non-hydrogen) atoms. The lowest BCUT2D eigenvalue weighted by molar-refractivity contribution is 0.626. The lowest BCUT2D eigenvalue weighted by Gasteiger charge is -2.20. The molecule has 4 heteroatoms. The van der Waals surface area contributed by atoms with Crippen LogP contribution in [-0.4, -0.2) is 7.05 Å². The maximum absolute atomic E-state index is 13.4. The summed E-state index contributed by atoms with van der Waals surface area (Å²) in [6.07, 6.45) is 0. The molecule has 2 rings (SSSR count). The highest BCUT2D eigenvalue weighted by Gasteiger charge is 2.07. The van der Waals surface area contributed by atoms with Crippen LogP contribution in [0.5, 0.6) is 0 Å². The molecule has 96 valence electrons. The Morgan fingerprint density at radius 1 is 1.26 bits per heavy atom. The van der Waals surface area contributed by atoms with E-state index < -0.39 is 5.82 Å². The van der Waals surface area contributed by atoms with Gasteiger partial charge in [0.2, 0.25) is 0 Å². The average molecular weight is 275 g/mol. The molecule has 0 aromatic heterocycles. The minimum atomic E-state index is -0.417. The van der Waals surface area contributed by atoms with Gasteiger partial charge >= 0.3 is 0 Å². The van der Waals surface area contributed by atoms with Gasteiger partial charge in [0.05, 0.1) is 11.6 Å². The molecule has 0 fully saturated rings. The fraction of sp³-hybridized carbons (Fsp3) is 0.133. The van der Waals surface area contributed by atoms with Gasteiger partial charge in [0, 0.05) is 24.3 Å². The second kappa shape index (κ2) is 5.73. The van der Waals surface area contributed by atoms with Gasteiger partial charge in [0.15, 0.2) is 0 Å². The van der Waals surface area contributed by atoms with Crippen LogP contribution in [0.4, 0.5) is 10.1 Å². The molecule has 0 spiro atoms. The van der Waals surface area contributed by atoms with Gasteiger partial charge in [-0.3, -0.25) is 0 Å². The summed E-state index contributed by atoms with van der Waals surface area (Å²) in [5.41, 5.74) is 1.91. The van der Waals surface area contributed by atoms with Crippen LogP contribution in [0.25, 0.3) is 0 Å². The van der Waals surface area contributed by atoms with Crippen molar-refractivity contribution in [3.05, 3.63) is 64.4 Å². The van der Waals surface area contributed by atoms with E-state index in [1.165, 1.54) is 12.1 Å². The molecule has 0 radical (unpaired) electrons. The SMILES string of the molecule is CN(Cc1ccccc1Cl)c1cc(F)cc(C#N)c1. The second-order valence-corrected chi connectivity index (χ2v) is 4.66. The Morgan fingerprint density at radius 2 is 2.00 bits per heavy atom. The quantitative estimate of drug-likeness (QED) is 0.846. The second-order valence-electron chi connectivity index (χ2n) is 4.26. The van der Waals surface area contributed by atoms with E-state index in [1.54, 1.807) is 6.07 Å². The summed E-state index contributed by atoms with van der Waals surface area (Å²) in [5, 5.41) is 9.52. The molecule has 0 aliphatic rings. The van der Waals surface area contributed by atoms with Gasteiger partial charge < -0.3 is 4.90 Å². The predicted octanol–water partition coefficient (Wildman–Crippen LogP) is 3.99. The molecule has 0 saturated carbocycles. The normalized spacial score (nSPS) is 10.0. The van der Waals surface area contributed by atoms with E-state index in [2.05, 4.69) is 0 Å². The van der Waals surface area contributed by atoms with Crippen LogP contribution >= 0.6 is 11.6 Å².